The fourth-order valence-electron chi connectivity index (χ4n) is 3.47. The minimum atomic E-state index is -3.49. The van der Waals surface area contributed by atoms with E-state index in [1.54, 1.807) is 6.07 Å². The fraction of sp³-hybridized carbons (Fsp3) is 0.350. The standard InChI is InChI=1S/C20H21ClFNO3S/c1-3-4-5-12-8-16-17(26-15-10-13(21)9-14(22)11-15)6-7-18(27(2,24)25)19(16)20(12)23/h6-7,9-12,23H,3-5,8H2,1-2H3. The molecule has 0 radical (unpaired) electrons. The topological polar surface area (TPSA) is 67.2 Å². The Kier molecular flexibility index (Phi) is 5.58. The lowest BCUT2D eigenvalue weighted by molar-refractivity contribution is 0.467. The average molecular weight is 410 g/mol. The van der Waals surface area contributed by atoms with E-state index in [0.29, 0.717) is 29.0 Å². The van der Waals surface area contributed by atoms with Crippen LogP contribution in [0, 0.1) is 17.1 Å². The summed E-state index contributed by atoms with van der Waals surface area (Å²) < 4.78 is 43.9. The van der Waals surface area contributed by atoms with Gasteiger partial charge in [0.15, 0.2) is 9.84 Å². The molecule has 0 saturated heterocycles. The van der Waals surface area contributed by atoms with Gasteiger partial charge in [0.2, 0.25) is 0 Å². The minimum absolute atomic E-state index is 0.0405. The molecule has 1 aliphatic rings. The summed E-state index contributed by atoms with van der Waals surface area (Å²) >= 11 is 5.89. The smallest absolute Gasteiger partial charge is 0.176 e. The zero-order valence-electron chi connectivity index (χ0n) is 15.2. The van der Waals surface area contributed by atoms with Gasteiger partial charge in [0.25, 0.3) is 0 Å². The molecule has 0 spiro atoms. The molecule has 0 fully saturated rings. The summed E-state index contributed by atoms with van der Waals surface area (Å²) in [7, 11) is -3.49. The van der Waals surface area contributed by atoms with E-state index in [0.717, 1.165) is 25.5 Å². The van der Waals surface area contributed by atoms with E-state index in [9.17, 15) is 12.8 Å². The third-order valence-corrected chi connectivity index (χ3v) is 6.09. The summed E-state index contributed by atoms with van der Waals surface area (Å²) in [4.78, 5) is 0.145. The molecule has 0 bridgehead atoms. The number of sulfone groups is 1. The van der Waals surface area contributed by atoms with Crippen molar-refractivity contribution >= 4 is 27.1 Å². The highest BCUT2D eigenvalue weighted by Gasteiger charge is 2.34. The largest absolute Gasteiger partial charge is 0.457 e. The molecule has 0 aromatic heterocycles. The zero-order valence-corrected chi connectivity index (χ0v) is 16.8. The Morgan fingerprint density at radius 1 is 1.30 bits per heavy atom. The number of hydrogen-bond donors (Lipinski definition) is 1. The molecular weight excluding hydrogens is 389 g/mol. The lowest BCUT2D eigenvalue weighted by Gasteiger charge is -2.13. The van der Waals surface area contributed by atoms with Gasteiger partial charge in [0.05, 0.1) is 4.90 Å². The van der Waals surface area contributed by atoms with E-state index in [-0.39, 0.29) is 21.6 Å². The Balaban J connectivity index is 2.07. The molecule has 27 heavy (non-hydrogen) atoms. The number of hydrogen-bond acceptors (Lipinski definition) is 4. The zero-order chi connectivity index (χ0) is 19.8. The molecule has 0 heterocycles. The van der Waals surface area contributed by atoms with Gasteiger partial charge in [-0.15, -0.1) is 0 Å². The van der Waals surface area contributed by atoms with Crippen molar-refractivity contribution in [3.8, 4) is 11.5 Å². The number of fused-ring (bicyclic) bond motifs is 1. The number of unbranched alkanes of at least 4 members (excludes halogenated alkanes) is 1. The molecule has 1 atom stereocenters. The first kappa shape index (κ1) is 19.8. The Hall–Kier alpha value is -1.92. The van der Waals surface area contributed by atoms with Crippen LogP contribution < -0.4 is 4.74 Å². The van der Waals surface area contributed by atoms with Crippen LogP contribution in [-0.2, 0) is 16.3 Å². The summed E-state index contributed by atoms with van der Waals surface area (Å²) in [5.74, 6) is 0.109. The first-order valence-corrected chi connectivity index (χ1v) is 11.1. The van der Waals surface area contributed by atoms with E-state index in [4.69, 9.17) is 21.7 Å². The van der Waals surface area contributed by atoms with Gasteiger partial charge in [-0.1, -0.05) is 31.4 Å². The lowest BCUT2D eigenvalue weighted by atomic mass is 9.97. The summed E-state index contributed by atoms with van der Waals surface area (Å²) in [6.45, 7) is 2.08. The van der Waals surface area contributed by atoms with E-state index in [1.165, 1.54) is 24.3 Å². The van der Waals surface area contributed by atoms with Crippen molar-refractivity contribution in [2.45, 2.75) is 37.5 Å². The van der Waals surface area contributed by atoms with Crippen LogP contribution in [0.3, 0.4) is 0 Å². The van der Waals surface area contributed by atoms with Crippen LogP contribution >= 0.6 is 11.6 Å². The van der Waals surface area contributed by atoms with Crippen molar-refractivity contribution in [2.75, 3.05) is 6.26 Å². The van der Waals surface area contributed by atoms with Gasteiger partial charge < -0.3 is 10.1 Å². The van der Waals surface area contributed by atoms with Gasteiger partial charge in [0.1, 0.15) is 17.3 Å². The molecule has 144 valence electrons. The van der Waals surface area contributed by atoms with Crippen molar-refractivity contribution < 1.29 is 17.5 Å². The van der Waals surface area contributed by atoms with Crippen LogP contribution in [0.1, 0.15) is 37.3 Å². The maximum absolute atomic E-state index is 13.6. The Morgan fingerprint density at radius 3 is 2.67 bits per heavy atom. The van der Waals surface area contributed by atoms with Gasteiger partial charge >= 0.3 is 0 Å². The first-order valence-electron chi connectivity index (χ1n) is 8.79. The molecule has 4 nitrogen and oxygen atoms in total. The molecule has 2 aromatic carbocycles. The fourth-order valence-corrected chi connectivity index (χ4v) is 4.60. The Labute approximate surface area is 163 Å². The SMILES string of the molecule is CCCCC1Cc2c(Oc3cc(F)cc(Cl)c3)ccc(S(C)(=O)=O)c2C1=N. The van der Waals surface area contributed by atoms with Crippen LogP contribution in [-0.4, -0.2) is 20.4 Å². The van der Waals surface area contributed by atoms with E-state index >= 15 is 0 Å². The van der Waals surface area contributed by atoms with Crippen LogP contribution in [0.5, 0.6) is 11.5 Å². The number of benzene rings is 2. The van der Waals surface area contributed by atoms with E-state index < -0.39 is 15.7 Å². The Morgan fingerprint density at radius 2 is 2.04 bits per heavy atom. The molecule has 0 amide bonds. The predicted octanol–water partition coefficient (Wildman–Crippen LogP) is 5.41. The van der Waals surface area contributed by atoms with Crippen molar-refractivity contribution in [3.05, 3.63) is 52.3 Å². The quantitative estimate of drug-likeness (QED) is 0.694. The third kappa shape index (κ3) is 4.17. The maximum Gasteiger partial charge on any atom is 0.176 e. The van der Waals surface area contributed by atoms with Crippen LogP contribution in [0.25, 0.3) is 0 Å². The number of nitrogens with one attached hydrogen (secondary N) is 1. The van der Waals surface area contributed by atoms with Gasteiger partial charge in [-0.05, 0) is 37.1 Å². The molecule has 7 heteroatoms. The van der Waals surface area contributed by atoms with Crippen molar-refractivity contribution in [3.63, 3.8) is 0 Å². The van der Waals surface area contributed by atoms with E-state index in [1.807, 2.05) is 0 Å². The molecule has 1 unspecified atom stereocenters. The highest BCUT2D eigenvalue weighted by atomic mass is 35.5. The van der Waals surface area contributed by atoms with Crippen molar-refractivity contribution in [2.24, 2.45) is 5.92 Å². The van der Waals surface area contributed by atoms with Crippen molar-refractivity contribution in [1.82, 2.24) is 0 Å². The summed E-state index contributed by atoms with van der Waals surface area (Å²) in [6, 6.07) is 6.93. The van der Waals surface area contributed by atoms with E-state index in [2.05, 4.69) is 6.92 Å². The second kappa shape index (κ2) is 7.60. The maximum atomic E-state index is 13.6. The monoisotopic (exact) mass is 409 g/mol. The van der Waals surface area contributed by atoms with Gasteiger partial charge in [-0.3, -0.25) is 0 Å². The van der Waals surface area contributed by atoms with Crippen LogP contribution in [0.4, 0.5) is 4.39 Å². The second-order valence-corrected chi connectivity index (χ2v) is 9.27. The molecule has 1 aliphatic carbocycles. The first-order chi connectivity index (χ1) is 12.7. The number of rotatable bonds is 6. The minimum Gasteiger partial charge on any atom is -0.457 e. The van der Waals surface area contributed by atoms with Gasteiger partial charge in [-0.2, -0.15) is 0 Å². The second-order valence-electron chi connectivity index (χ2n) is 6.85. The molecule has 0 saturated carbocycles. The molecule has 2 aromatic rings. The molecule has 0 aliphatic heterocycles. The molecular formula is C20H21ClFNO3S. The highest BCUT2D eigenvalue weighted by molar-refractivity contribution is 7.90. The Bertz CT molecular complexity index is 984. The van der Waals surface area contributed by atoms with Crippen molar-refractivity contribution in [1.29, 1.82) is 5.41 Å². The normalized spacial score (nSPS) is 16.4. The third-order valence-electron chi connectivity index (χ3n) is 4.73. The predicted molar refractivity (Wildman–Crippen MR) is 105 cm³/mol. The van der Waals surface area contributed by atoms with Gasteiger partial charge in [-0.25, -0.2) is 12.8 Å². The number of halogens is 2. The lowest BCUT2D eigenvalue weighted by Crippen LogP contribution is -2.12. The van der Waals surface area contributed by atoms with Crippen LogP contribution in [0.15, 0.2) is 35.2 Å². The summed E-state index contributed by atoms with van der Waals surface area (Å²) in [5.41, 5.74) is 1.45. The van der Waals surface area contributed by atoms with Crippen LogP contribution in [0.2, 0.25) is 5.02 Å². The molecule has 3 rings (SSSR count). The summed E-state index contributed by atoms with van der Waals surface area (Å²) in [5, 5.41) is 8.74. The van der Waals surface area contributed by atoms with Gasteiger partial charge in [0, 0.05) is 40.1 Å². The highest BCUT2D eigenvalue weighted by Crippen LogP contribution is 2.41. The average Bonchev–Trinajstić information content (AvgIpc) is 2.88. The summed E-state index contributed by atoms with van der Waals surface area (Å²) in [6.07, 6.45) is 4.46. The number of ether oxygens (including phenoxy) is 1. The molecule has 1 N–H and O–H groups in total.